The first-order chi connectivity index (χ1) is 7.57. The Morgan fingerprint density at radius 1 is 1.25 bits per heavy atom. The number of rotatable bonds is 4. The standard InChI is InChI=1S/C9H7N3O4/c1-10-6-5-7-3-2-4-8(11(13)14)9(7)12(15)16/h2-4H,5-6H2. The highest BCUT2D eigenvalue weighted by atomic mass is 16.6. The molecule has 0 aliphatic heterocycles. The minimum atomic E-state index is -0.792. The van der Waals surface area contributed by atoms with Gasteiger partial charge in [0.25, 0.3) is 0 Å². The van der Waals surface area contributed by atoms with Gasteiger partial charge in [0.05, 0.1) is 16.3 Å². The fraction of sp³-hybridized carbons (Fsp3) is 0.222. The highest BCUT2D eigenvalue weighted by molar-refractivity contribution is 5.57. The predicted octanol–water partition coefficient (Wildman–Crippen LogP) is 1.96. The lowest BCUT2D eigenvalue weighted by Crippen LogP contribution is -2.01. The molecule has 0 radical (unpaired) electrons. The van der Waals surface area contributed by atoms with Crippen molar-refractivity contribution in [3.8, 4) is 0 Å². The zero-order valence-electron chi connectivity index (χ0n) is 8.12. The Morgan fingerprint density at radius 2 is 1.94 bits per heavy atom. The summed E-state index contributed by atoms with van der Waals surface area (Å²) in [7, 11) is 0. The summed E-state index contributed by atoms with van der Waals surface area (Å²) in [5.41, 5.74) is -0.834. The maximum absolute atomic E-state index is 10.7. The van der Waals surface area contributed by atoms with Crippen molar-refractivity contribution < 1.29 is 9.85 Å². The van der Waals surface area contributed by atoms with Gasteiger partial charge in [-0.25, -0.2) is 6.57 Å². The fourth-order valence-corrected chi connectivity index (χ4v) is 1.31. The van der Waals surface area contributed by atoms with Crippen LogP contribution in [0.25, 0.3) is 4.85 Å². The van der Waals surface area contributed by atoms with Gasteiger partial charge in [0, 0.05) is 11.6 Å². The highest BCUT2D eigenvalue weighted by Crippen LogP contribution is 2.30. The second-order valence-electron chi connectivity index (χ2n) is 2.93. The van der Waals surface area contributed by atoms with Crippen LogP contribution in [0.3, 0.4) is 0 Å². The van der Waals surface area contributed by atoms with Gasteiger partial charge in [0.1, 0.15) is 0 Å². The van der Waals surface area contributed by atoms with Gasteiger partial charge in [-0.3, -0.25) is 20.2 Å². The summed E-state index contributed by atoms with van der Waals surface area (Å²) in [4.78, 5) is 22.8. The molecule has 7 nitrogen and oxygen atoms in total. The molecule has 0 fully saturated rings. The molecule has 0 aliphatic carbocycles. The SMILES string of the molecule is [C-]#[N+]CCc1cccc([N+](=O)[O-])c1[N+](=O)[O-]. The van der Waals surface area contributed by atoms with Crippen LogP contribution in [0, 0.1) is 26.8 Å². The molecule has 82 valence electrons. The average molecular weight is 221 g/mol. The van der Waals surface area contributed by atoms with Crippen molar-refractivity contribution in [2.24, 2.45) is 0 Å². The second-order valence-corrected chi connectivity index (χ2v) is 2.93. The molecule has 0 saturated carbocycles. The van der Waals surface area contributed by atoms with Crippen LogP contribution in [-0.2, 0) is 6.42 Å². The van der Waals surface area contributed by atoms with Gasteiger partial charge in [-0.2, -0.15) is 0 Å². The van der Waals surface area contributed by atoms with Crippen molar-refractivity contribution in [3.63, 3.8) is 0 Å². The van der Waals surface area contributed by atoms with Crippen molar-refractivity contribution in [2.45, 2.75) is 6.42 Å². The van der Waals surface area contributed by atoms with Crippen molar-refractivity contribution in [2.75, 3.05) is 6.54 Å². The Hall–Kier alpha value is -2.49. The molecule has 1 rings (SSSR count). The third-order valence-corrected chi connectivity index (χ3v) is 1.97. The lowest BCUT2D eigenvalue weighted by Gasteiger charge is -1.99. The van der Waals surface area contributed by atoms with E-state index in [1.807, 2.05) is 0 Å². The monoisotopic (exact) mass is 221 g/mol. The minimum Gasteiger partial charge on any atom is -0.317 e. The normalized spacial score (nSPS) is 9.44. The molecule has 0 saturated heterocycles. The topological polar surface area (TPSA) is 90.6 Å². The van der Waals surface area contributed by atoms with Crippen LogP contribution in [0.1, 0.15) is 5.56 Å². The summed E-state index contributed by atoms with van der Waals surface area (Å²) in [6, 6.07) is 3.89. The van der Waals surface area contributed by atoms with E-state index < -0.39 is 21.2 Å². The Balaban J connectivity index is 3.28. The van der Waals surface area contributed by atoms with Crippen molar-refractivity contribution in [3.05, 3.63) is 55.4 Å². The molecule has 0 amide bonds. The molecule has 1 aromatic carbocycles. The van der Waals surface area contributed by atoms with E-state index in [1.165, 1.54) is 12.1 Å². The Bertz CT molecular complexity index is 478. The third kappa shape index (κ3) is 2.30. The number of hydrogen-bond acceptors (Lipinski definition) is 4. The van der Waals surface area contributed by atoms with Crippen molar-refractivity contribution >= 4 is 11.4 Å². The smallest absolute Gasteiger partial charge is 0.317 e. The van der Waals surface area contributed by atoms with E-state index in [1.54, 1.807) is 0 Å². The lowest BCUT2D eigenvalue weighted by atomic mass is 10.1. The summed E-state index contributed by atoms with van der Waals surface area (Å²) in [6.07, 6.45) is 0.140. The lowest BCUT2D eigenvalue weighted by molar-refractivity contribution is -0.423. The molecule has 0 heterocycles. The van der Waals surface area contributed by atoms with Crippen LogP contribution in [0.2, 0.25) is 0 Å². The summed E-state index contributed by atoms with van der Waals surface area (Å²) in [5.74, 6) is 0. The summed E-state index contributed by atoms with van der Waals surface area (Å²) in [6.45, 7) is 6.66. The van der Waals surface area contributed by atoms with E-state index in [-0.39, 0.29) is 18.5 Å². The van der Waals surface area contributed by atoms with Gasteiger partial charge >= 0.3 is 11.4 Å². The van der Waals surface area contributed by atoms with Gasteiger partial charge in [-0.15, -0.1) is 0 Å². The Labute approximate surface area is 90.4 Å². The molecule has 0 aliphatic rings. The second kappa shape index (κ2) is 4.84. The predicted molar refractivity (Wildman–Crippen MR) is 54.9 cm³/mol. The maximum Gasteiger partial charge on any atom is 0.349 e. The number of hydrogen-bond donors (Lipinski definition) is 0. The van der Waals surface area contributed by atoms with E-state index in [9.17, 15) is 20.2 Å². The quantitative estimate of drug-likeness (QED) is 0.441. The van der Waals surface area contributed by atoms with E-state index in [0.29, 0.717) is 0 Å². The van der Waals surface area contributed by atoms with Gasteiger partial charge in [0.15, 0.2) is 0 Å². The molecule has 0 spiro atoms. The first-order valence-electron chi connectivity index (χ1n) is 4.31. The van der Waals surface area contributed by atoms with E-state index in [0.717, 1.165) is 6.07 Å². The van der Waals surface area contributed by atoms with Crippen molar-refractivity contribution in [1.29, 1.82) is 0 Å². The van der Waals surface area contributed by atoms with Gasteiger partial charge in [0.2, 0.25) is 6.54 Å². The minimum absolute atomic E-state index is 0.0714. The Morgan fingerprint density at radius 3 is 2.44 bits per heavy atom. The number of nitrogens with zero attached hydrogens (tertiary/aromatic N) is 3. The van der Waals surface area contributed by atoms with Crippen LogP contribution in [0.5, 0.6) is 0 Å². The average Bonchev–Trinajstić information content (AvgIpc) is 2.25. The van der Waals surface area contributed by atoms with Gasteiger partial charge < -0.3 is 4.85 Å². The number of nitro groups is 2. The van der Waals surface area contributed by atoms with Crippen LogP contribution < -0.4 is 0 Å². The number of benzene rings is 1. The van der Waals surface area contributed by atoms with E-state index in [2.05, 4.69) is 4.85 Å². The van der Waals surface area contributed by atoms with E-state index >= 15 is 0 Å². The molecule has 7 heteroatoms. The molecule has 0 bridgehead atoms. The van der Waals surface area contributed by atoms with Crippen LogP contribution in [0.4, 0.5) is 11.4 Å². The molecule has 16 heavy (non-hydrogen) atoms. The molecule has 0 aromatic heterocycles. The zero-order valence-corrected chi connectivity index (χ0v) is 8.12. The molecule has 0 atom stereocenters. The maximum atomic E-state index is 10.7. The van der Waals surface area contributed by atoms with Crippen molar-refractivity contribution in [1.82, 2.24) is 0 Å². The summed E-state index contributed by atoms with van der Waals surface area (Å²) in [5, 5.41) is 21.3. The Kier molecular flexibility index (Phi) is 3.50. The summed E-state index contributed by atoms with van der Waals surface area (Å²) >= 11 is 0. The number of para-hydroxylation sites is 1. The van der Waals surface area contributed by atoms with E-state index in [4.69, 9.17) is 6.57 Å². The molecule has 1 aromatic rings. The first kappa shape index (κ1) is 11.6. The highest BCUT2D eigenvalue weighted by Gasteiger charge is 2.27. The molecular formula is C9H7N3O4. The first-order valence-corrected chi connectivity index (χ1v) is 4.31. The van der Waals surface area contributed by atoms with Gasteiger partial charge in [-0.05, 0) is 0 Å². The third-order valence-electron chi connectivity index (χ3n) is 1.97. The number of nitro benzene ring substituents is 2. The fourth-order valence-electron chi connectivity index (χ4n) is 1.31. The molecule has 0 N–H and O–H groups in total. The molecular weight excluding hydrogens is 214 g/mol. The van der Waals surface area contributed by atoms with Crippen LogP contribution in [0.15, 0.2) is 18.2 Å². The largest absolute Gasteiger partial charge is 0.349 e. The van der Waals surface area contributed by atoms with Crippen LogP contribution in [-0.4, -0.2) is 16.4 Å². The molecule has 0 unspecified atom stereocenters. The zero-order chi connectivity index (χ0) is 12.1. The van der Waals surface area contributed by atoms with Crippen LogP contribution >= 0.6 is 0 Å². The van der Waals surface area contributed by atoms with Gasteiger partial charge in [-0.1, -0.05) is 12.1 Å². The summed E-state index contributed by atoms with van der Waals surface area (Å²) < 4.78 is 0.